The quantitative estimate of drug-likeness (QED) is 0.186. The summed E-state index contributed by atoms with van der Waals surface area (Å²) in [6.07, 6.45) is 1.85. The number of carbonyl (C=O) groups excluding carboxylic acids is 1. The summed E-state index contributed by atoms with van der Waals surface area (Å²) >= 11 is 0. The summed E-state index contributed by atoms with van der Waals surface area (Å²) in [6, 6.07) is 23.4. The molecule has 0 radical (unpaired) electrons. The van der Waals surface area contributed by atoms with Gasteiger partial charge >= 0.3 is 5.97 Å². The van der Waals surface area contributed by atoms with Crippen LogP contribution >= 0.6 is 0 Å². The smallest absolute Gasteiger partial charge is 0.325 e. The molecule has 0 aliphatic carbocycles. The van der Waals surface area contributed by atoms with E-state index >= 15 is 0 Å². The lowest BCUT2D eigenvalue weighted by Crippen LogP contribution is -2.20. The van der Waals surface area contributed by atoms with Crippen LogP contribution in [0.2, 0.25) is 0 Å². The minimum Gasteiger partial charge on any atom is -0.465 e. The molecule has 0 bridgehead atoms. The lowest BCUT2D eigenvalue weighted by molar-refractivity contribution is -0.143. The van der Waals surface area contributed by atoms with Crippen molar-refractivity contribution in [2.24, 2.45) is 0 Å². The monoisotopic (exact) mass is 561 g/mol. The van der Waals surface area contributed by atoms with Gasteiger partial charge in [-0.3, -0.25) is 34.8 Å². The second-order valence-electron chi connectivity index (χ2n) is 10.4. The Kier molecular flexibility index (Phi) is 7.00. The molecule has 0 aliphatic rings. The number of nitrogens with zero attached hydrogens (tertiary/aromatic N) is 1. The predicted octanol–water partition coefficient (Wildman–Crippen LogP) is 5.37. The lowest BCUT2D eigenvalue weighted by Gasteiger charge is -2.17. The molecule has 0 unspecified atom stereocenters. The fourth-order valence-corrected chi connectivity index (χ4v) is 5.62. The average molecular weight is 562 g/mol. The average Bonchev–Trinajstić information content (AvgIpc) is 3.67. The van der Waals surface area contributed by atoms with Gasteiger partial charge in [0.25, 0.3) is 11.1 Å². The first-order valence-electron chi connectivity index (χ1n) is 13.8. The van der Waals surface area contributed by atoms with E-state index in [9.17, 15) is 14.4 Å². The van der Waals surface area contributed by atoms with E-state index in [-0.39, 0.29) is 30.2 Å². The van der Waals surface area contributed by atoms with Crippen LogP contribution in [0.1, 0.15) is 40.7 Å². The maximum absolute atomic E-state index is 13.7. The molecule has 9 heteroatoms. The number of benzene rings is 3. The van der Waals surface area contributed by atoms with Crippen molar-refractivity contribution in [3.63, 3.8) is 0 Å². The molecule has 42 heavy (non-hydrogen) atoms. The highest BCUT2D eigenvalue weighted by molar-refractivity contribution is 5.88. The zero-order valence-corrected chi connectivity index (χ0v) is 23.6. The first-order chi connectivity index (χ1) is 20.4. The third kappa shape index (κ3) is 4.79. The molecule has 3 heterocycles. The van der Waals surface area contributed by atoms with Gasteiger partial charge in [-0.1, -0.05) is 77.9 Å². The normalized spacial score (nSPS) is 11.4. The Morgan fingerprint density at radius 1 is 0.762 bits per heavy atom. The van der Waals surface area contributed by atoms with Crippen molar-refractivity contribution in [1.82, 2.24) is 25.0 Å². The zero-order valence-electron chi connectivity index (χ0n) is 23.6. The summed E-state index contributed by atoms with van der Waals surface area (Å²) in [5.74, 6) is -1.17. The Balaban J connectivity index is 1.66. The fourth-order valence-electron chi connectivity index (χ4n) is 5.62. The van der Waals surface area contributed by atoms with Gasteiger partial charge in [0.1, 0.15) is 6.54 Å². The number of esters is 1. The van der Waals surface area contributed by atoms with Crippen molar-refractivity contribution in [3.8, 4) is 22.5 Å². The van der Waals surface area contributed by atoms with Crippen LogP contribution in [-0.2, 0) is 16.1 Å². The molecule has 9 nitrogen and oxygen atoms in total. The van der Waals surface area contributed by atoms with Gasteiger partial charge in [0.05, 0.1) is 35.0 Å². The van der Waals surface area contributed by atoms with E-state index in [1.807, 2.05) is 97.4 Å². The zero-order chi connectivity index (χ0) is 29.4. The highest BCUT2D eigenvalue weighted by Gasteiger charge is 2.33. The highest BCUT2D eigenvalue weighted by Crippen LogP contribution is 2.41. The molecular formula is C33H31N5O4. The van der Waals surface area contributed by atoms with E-state index in [2.05, 4.69) is 20.4 Å². The van der Waals surface area contributed by atoms with Crippen LogP contribution in [0.5, 0.6) is 0 Å². The third-order valence-electron chi connectivity index (χ3n) is 7.62. The van der Waals surface area contributed by atoms with Crippen molar-refractivity contribution in [2.75, 3.05) is 6.61 Å². The van der Waals surface area contributed by atoms with Crippen LogP contribution in [-0.4, -0.2) is 37.5 Å². The molecular weight excluding hydrogens is 530 g/mol. The number of aryl methyl sites for hydroxylation is 2. The first-order valence-corrected chi connectivity index (χ1v) is 13.8. The molecule has 3 aromatic heterocycles. The number of aromatic amines is 4. The van der Waals surface area contributed by atoms with E-state index in [0.717, 1.165) is 33.2 Å². The van der Waals surface area contributed by atoms with E-state index < -0.39 is 5.92 Å². The number of ether oxygens (including phenoxy) is 1. The second kappa shape index (κ2) is 10.9. The van der Waals surface area contributed by atoms with Gasteiger partial charge in [0.2, 0.25) is 0 Å². The molecule has 6 aromatic rings. The molecule has 3 aromatic carbocycles. The molecule has 0 saturated carbocycles. The number of hydrogen-bond donors (Lipinski definition) is 4. The molecule has 6 rings (SSSR count). The van der Waals surface area contributed by atoms with Gasteiger partial charge in [0.15, 0.2) is 0 Å². The van der Waals surface area contributed by atoms with E-state index in [1.54, 1.807) is 6.92 Å². The largest absolute Gasteiger partial charge is 0.465 e. The minimum atomic E-state index is -0.795. The van der Waals surface area contributed by atoms with Gasteiger partial charge in [-0.2, -0.15) is 0 Å². The second-order valence-corrected chi connectivity index (χ2v) is 10.4. The van der Waals surface area contributed by atoms with E-state index in [1.165, 1.54) is 0 Å². The third-order valence-corrected chi connectivity index (χ3v) is 7.62. The molecule has 0 spiro atoms. The highest BCUT2D eigenvalue weighted by atomic mass is 16.5. The summed E-state index contributed by atoms with van der Waals surface area (Å²) in [7, 11) is 0. The lowest BCUT2D eigenvalue weighted by atomic mass is 9.83. The number of hydrogen-bond acceptors (Lipinski definition) is 4. The summed E-state index contributed by atoms with van der Waals surface area (Å²) in [6.45, 7) is 6.02. The number of aromatic nitrogens is 5. The van der Waals surface area contributed by atoms with Crippen LogP contribution in [0.3, 0.4) is 0 Å². The Morgan fingerprint density at radius 3 is 1.81 bits per heavy atom. The number of H-pyrrole nitrogens is 4. The predicted molar refractivity (Wildman–Crippen MR) is 163 cm³/mol. The van der Waals surface area contributed by atoms with Crippen molar-refractivity contribution in [1.29, 1.82) is 0 Å². The molecule has 0 saturated heterocycles. The molecule has 212 valence electrons. The van der Waals surface area contributed by atoms with Crippen molar-refractivity contribution in [2.45, 2.75) is 33.2 Å². The molecule has 0 aliphatic heterocycles. The fraction of sp³-hybridized carbons (Fsp3) is 0.182. The van der Waals surface area contributed by atoms with Crippen molar-refractivity contribution < 1.29 is 9.53 Å². The molecule has 0 fully saturated rings. The summed E-state index contributed by atoms with van der Waals surface area (Å²) < 4.78 is 7.05. The first kappa shape index (κ1) is 26.9. The topological polar surface area (TPSA) is 129 Å². The van der Waals surface area contributed by atoms with Gasteiger partial charge < -0.3 is 9.30 Å². The van der Waals surface area contributed by atoms with Gasteiger partial charge in [0, 0.05) is 17.1 Å². The van der Waals surface area contributed by atoms with Crippen LogP contribution in [0, 0.1) is 13.8 Å². The number of nitrogens with one attached hydrogen (secondary N) is 4. The SMILES string of the molecule is CCOC(=O)Cn1cc(C(c2c(-c3ccc(C)cc3)[nH][nH]c2=O)c2c(-c3ccc(C)cc3)[nH][nH]c2=O)c2ccccc21. The van der Waals surface area contributed by atoms with Crippen LogP contribution in [0.25, 0.3) is 33.4 Å². The Morgan fingerprint density at radius 2 is 1.29 bits per heavy atom. The Hall–Kier alpha value is -5.31. The van der Waals surface area contributed by atoms with Crippen LogP contribution < -0.4 is 11.1 Å². The van der Waals surface area contributed by atoms with Crippen molar-refractivity contribution >= 4 is 16.9 Å². The standard InChI is InChI=1S/C33H31N5O4/c1-4-42-26(39)18-38-17-24(23-7-5-6-8-25(23)38)27(28-30(34-36-32(28)40)21-13-9-19(2)10-14-21)29-31(35-37-33(29)41)22-15-11-20(3)12-16-22/h5-17,27H,4,18H2,1-3H3,(H2,34,36,40)(H2,35,37,41). The summed E-state index contributed by atoms with van der Waals surface area (Å²) in [5.41, 5.74) is 6.57. The maximum atomic E-state index is 13.7. The van der Waals surface area contributed by atoms with Gasteiger partial charge in [-0.05, 0) is 43.5 Å². The van der Waals surface area contributed by atoms with Gasteiger partial charge in [-0.15, -0.1) is 0 Å². The van der Waals surface area contributed by atoms with Gasteiger partial charge in [-0.25, -0.2) is 0 Å². The van der Waals surface area contributed by atoms with Crippen LogP contribution in [0.15, 0.2) is 88.6 Å². The minimum absolute atomic E-state index is 0.0102. The number of fused-ring (bicyclic) bond motifs is 1. The molecule has 4 N–H and O–H groups in total. The summed E-state index contributed by atoms with van der Waals surface area (Å²) in [4.78, 5) is 40.0. The molecule has 0 atom stereocenters. The van der Waals surface area contributed by atoms with E-state index in [4.69, 9.17) is 4.74 Å². The number of carbonyl (C=O) groups is 1. The van der Waals surface area contributed by atoms with E-state index in [0.29, 0.717) is 28.1 Å². The van der Waals surface area contributed by atoms with Crippen molar-refractivity contribution in [3.05, 3.63) is 128 Å². The number of para-hydroxylation sites is 1. The maximum Gasteiger partial charge on any atom is 0.325 e. The molecule has 0 amide bonds. The summed E-state index contributed by atoms with van der Waals surface area (Å²) in [5, 5.41) is 12.5. The Bertz CT molecular complexity index is 1900. The Labute approximate surface area is 241 Å². The van der Waals surface area contributed by atoms with Crippen LogP contribution in [0.4, 0.5) is 0 Å². The number of rotatable bonds is 8.